The second-order valence-electron chi connectivity index (χ2n) is 3.43. The number of rotatable bonds is 3. The zero-order valence-corrected chi connectivity index (χ0v) is 8.88. The lowest BCUT2D eigenvalue weighted by molar-refractivity contribution is -0.115. The molecule has 1 N–H and O–H groups in total. The summed E-state index contributed by atoms with van der Waals surface area (Å²) in [6, 6.07) is 0. The van der Waals surface area contributed by atoms with E-state index in [0.29, 0.717) is 24.1 Å². The number of carbonyl (C=O) groups is 2. The lowest BCUT2D eigenvalue weighted by Gasteiger charge is -2.16. The summed E-state index contributed by atoms with van der Waals surface area (Å²) in [7, 11) is 0. The quantitative estimate of drug-likeness (QED) is 0.564. The highest BCUT2D eigenvalue weighted by Crippen LogP contribution is 2.25. The minimum absolute atomic E-state index is 0.106. The summed E-state index contributed by atoms with van der Waals surface area (Å²) in [5.74, 6) is 0.106. The summed E-state index contributed by atoms with van der Waals surface area (Å²) in [6.45, 7) is 5.59. The Morgan fingerprint density at radius 2 is 2.20 bits per heavy atom. The second-order valence-corrected chi connectivity index (χ2v) is 3.43. The third-order valence-corrected chi connectivity index (χ3v) is 2.44. The highest BCUT2D eigenvalue weighted by atomic mass is 16.1. The van der Waals surface area contributed by atoms with Gasteiger partial charge in [-0.3, -0.25) is 9.59 Å². The molecule has 0 radical (unpaired) electrons. The van der Waals surface area contributed by atoms with Crippen molar-refractivity contribution in [2.45, 2.75) is 26.2 Å². The Bertz CT molecular complexity index is 351. The molecule has 0 spiro atoms. The number of allylic oxidation sites excluding steroid dienone is 4. The number of hydrogen-bond acceptors (Lipinski definition) is 2. The Morgan fingerprint density at radius 1 is 1.47 bits per heavy atom. The van der Waals surface area contributed by atoms with E-state index in [1.165, 1.54) is 0 Å². The van der Waals surface area contributed by atoms with Crippen molar-refractivity contribution in [3.63, 3.8) is 0 Å². The monoisotopic (exact) mass is 205 g/mol. The number of amides is 1. The van der Waals surface area contributed by atoms with Gasteiger partial charge in [0, 0.05) is 17.7 Å². The van der Waals surface area contributed by atoms with Crippen molar-refractivity contribution in [2.24, 2.45) is 0 Å². The maximum Gasteiger partial charge on any atom is 0.211 e. The highest BCUT2D eigenvalue weighted by Gasteiger charge is 2.17. The molecular weight excluding hydrogens is 190 g/mol. The first-order valence-electron chi connectivity index (χ1n) is 4.98. The Kier molecular flexibility index (Phi) is 4.03. The van der Waals surface area contributed by atoms with E-state index in [2.05, 4.69) is 11.9 Å². The van der Waals surface area contributed by atoms with E-state index in [0.717, 1.165) is 18.4 Å². The van der Waals surface area contributed by atoms with E-state index in [-0.39, 0.29) is 5.78 Å². The number of Topliss-reactive ketones (excluding diaryl/α,β-unsaturated/α-hetero) is 1. The lowest BCUT2D eigenvalue weighted by atomic mass is 9.89. The predicted molar refractivity (Wildman–Crippen MR) is 59.0 cm³/mol. The van der Waals surface area contributed by atoms with Gasteiger partial charge in [0.05, 0.1) is 0 Å². The largest absolute Gasteiger partial charge is 0.329 e. The smallest absolute Gasteiger partial charge is 0.211 e. The summed E-state index contributed by atoms with van der Waals surface area (Å²) < 4.78 is 0. The van der Waals surface area contributed by atoms with Crippen LogP contribution in [0.5, 0.6) is 0 Å². The molecule has 0 atom stereocenters. The minimum Gasteiger partial charge on any atom is -0.329 e. The third kappa shape index (κ3) is 2.91. The Morgan fingerprint density at radius 3 is 2.80 bits per heavy atom. The average Bonchev–Trinajstić information content (AvgIpc) is 2.24. The molecule has 0 saturated heterocycles. The molecule has 0 aromatic rings. The molecule has 0 heterocycles. The van der Waals surface area contributed by atoms with Gasteiger partial charge in [-0.2, -0.15) is 0 Å². The molecule has 0 aromatic carbocycles. The molecule has 0 aromatic heterocycles. The fraction of sp³-hybridized carbons (Fsp3) is 0.333. The number of carbonyl (C=O) groups excluding carboxylic acids is 2. The van der Waals surface area contributed by atoms with Crippen LogP contribution in [-0.4, -0.2) is 12.2 Å². The van der Waals surface area contributed by atoms with Gasteiger partial charge in [0.1, 0.15) is 0 Å². The molecule has 1 rings (SSSR count). The molecule has 0 aliphatic heterocycles. The molecule has 1 amide bonds. The molecule has 15 heavy (non-hydrogen) atoms. The molecule has 0 unspecified atom stereocenters. The number of nitrogens with one attached hydrogen (secondary N) is 1. The van der Waals surface area contributed by atoms with Crippen molar-refractivity contribution in [3.05, 3.63) is 35.6 Å². The fourth-order valence-electron chi connectivity index (χ4n) is 1.54. The summed E-state index contributed by atoms with van der Waals surface area (Å²) in [4.78, 5) is 21.7. The summed E-state index contributed by atoms with van der Waals surface area (Å²) in [6.07, 6.45) is 6.52. The molecule has 0 bridgehead atoms. The normalized spacial score (nSPS) is 20.6. The maximum absolute atomic E-state index is 11.4. The Balaban J connectivity index is 2.85. The summed E-state index contributed by atoms with van der Waals surface area (Å²) >= 11 is 0. The van der Waals surface area contributed by atoms with Crippen molar-refractivity contribution in [1.82, 2.24) is 5.32 Å². The van der Waals surface area contributed by atoms with Gasteiger partial charge >= 0.3 is 0 Å². The van der Waals surface area contributed by atoms with Crippen LogP contribution in [0.15, 0.2) is 35.6 Å². The van der Waals surface area contributed by atoms with Crippen LogP contribution >= 0.6 is 0 Å². The molecule has 1 fully saturated rings. The van der Waals surface area contributed by atoms with Crippen LogP contribution in [0.2, 0.25) is 0 Å². The van der Waals surface area contributed by atoms with E-state index < -0.39 is 0 Å². The first kappa shape index (κ1) is 11.4. The van der Waals surface area contributed by atoms with E-state index in [4.69, 9.17) is 0 Å². The lowest BCUT2D eigenvalue weighted by Crippen LogP contribution is -2.13. The Hall–Kier alpha value is -1.64. The second kappa shape index (κ2) is 5.29. The van der Waals surface area contributed by atoms with Gasteiger partial charge in [0.2, 0.25) is 6.41 Å². The van der Waals surface area contributed by atoms with Crippen molar-refractivity contribution in [2.75, 3.05) is 0 Å². The molecule has 80 valence electrons. The SMILES string of the molecule is C=C1C(=O)CCC/C1=C/C(=C\C)NC=O. The zero-order chi connectivity index (χ0) is 11.3. The first-order valence-corrected chi connectivity index (χ1v) is 4.98. The fourth-order valence-corrected chi connectivity index (χ4v) is 1.54. The highest BCUT2D eigenvalue weighted by molar-refractivity contribution is 6.00. The van der Waals surface area contributed by atoms with Crippen LogP contribution in [0, 0.1) is 0 Å². The molecule has 1 aliphatic rings. The molecule has 1 aliphatic carbocycles. The van der Waals surface area contributed by atoms with Crippen LogP contribution in [0.1, 0.15) is 26.2 Å². The number of ketones is 1. The van der Waals surface area contributed by atoms with Crippen LogP contribution in [-0.2, 0) is 9.59 Å². The number of hydrogen-bond donors (Lipinski definition) is 1. The van der Waals surface area contributed by atoms with Crippen LogP contribution in [0.4, 0.5) is 0 Å². The van der Waals surface area contributed by atoms with Crippen molar-refractivity contribution in [3.8, 4) is 0 Å². The third-order valence-electron chi connectivity index (χ3n) is 2.44. The first-order chi connectivity index (χ1) is 7.19. The topological polar surface area (TPSA) is 46.2 Å². The van der Waals surface area contributed by atoms with Gasteiger partial charge in [-0.1, -0.05) is 12.7 Å². The van der Waals surface area contributed by atoms with Crippen LogP contribution in [0.25, 0.3) is 0 Å². The molecule has 1 saturated carbocycles. The van der Waals surface area contributed by atoms with Gasteiger partial charge in [-0.25, -0.2) is 0 Å². The van der Waals surface area contributed by atoms with Crippen LogP contribution < -0.4 is 5.32 Å². The van der Waals surface area contributed by atoms with E-state index >= 15 is 0 Å². The predicted octanol–water partition coefficient (Wildman–Crippen LogP) is 1.87. The molecule has 3 nitrogen and oxygen atoms in total. The van der Waals surface area contributed by atoms with Gasteiger partial charge in [0.15, 0.2) is 5.78 Å². The van der Waals surface area contributed by atoms with Crippen molar-refractivity contribution in [1.29, 1.82) is 0 Å². The van der Waals surface area contributed by atoms with E-state index in [1.54, 1.807) is 6.08 Å². The maximum atomic E-state index is 11.4. The van der Waals surface area contributed by atoms with Crippen molar-refractivity contribution < 1.29 is 9.59 Å². The standard InChI is InChI=1S/C12H15NO2/c1-3-11(13-8-14)7-10-5-4-6-12(15)9(10)2/h3,7-8H,2,4-6H2,1H3,(H,13,14)/b10-7-,11-3+. The van der Waals surface area contributed by atoms with Crippen LogP contribution in [0.3, 0.4) is 0 Å². The molecular formula is C12H15NO2. The van der Waals surface area contributed by atoms with Gasteiger partial charge in [0.25, 0.3) is 0 Å². The van der Waals surface area contributed by atoms with E-state index in [9.17, 15) is 9.59 Å². The van der Waals surface area contributed by atoms with E-state index in [1.807, 2.05) is 13.0 Å². The van der Waals surface area contributed by atoms with Gasteiger partial charge < -0.3 is 5.32 Å². The van der Waals surface area contributed by atoms with Crippen molar-refractivity contribution >= 4 is 12.2 Å². The summed E-state index contributed by atoms with van der Waals surface area (Å²) in [5.41, 5.74) is 2.21. The zero-order valence-electron chi connectivity index (χ0n) is 8.88. The average molecular weight is 205 g/mol. The van der Waals surface area contributed by atoms with Gasteiger partial charge in [-0.15, -0.1) is 0 Å². The summed E-state index contributed by atoms with van der Waals surface area (Å²) in [5, 5.41) is 2.57. The Labute approximate surface area is 89.6 Å². The minimum atomic E-state index is 0.106. The molecule has 3 heteroatoms. The van der Waals surface area contributed by atoms with Gasteiger partial charge in [-0.05, 0) is 31.4 Å².